The SMILES string of the molecule is COc1cc(OC)c(Cl)c(N2c3ncccc3-c3nc(N[C@@H]4COCCC4N=[N+]=[N-])ncc3C2C)c1Cl. The lowest BCUT2D eigenvalue weighted by Crippen LogP contribution is -2.41. The molecule has 0 saturated carbocycles. The van der Waals surface area contributed by atoms with Gasteiger partial charge in [0, 0.05) is 41.1 Å². The number of aromatic nitrogens is 3. The molecule has 0 aliphatic carbocycles. The molecular formula is C24H24Cl2N8O3. The fourth-order valence-corrected chi connectivity index (χ4v) is 5.38. The zero-order valence-electron chi connectivity index (χ0n) is 20.4. The van der Waals surface area contributed by atoms with Gasteiger partial charge in [-0.15, -0.1) is 0 Å². The Hall–Kier alpha value is -3.50. The Labute approximate surface area is 223 Å². The van der Waals surface area contributed by atoms with Crippen molar-refractivity contribution in [1.29, 1.82) is 0 Å². The summed E-state index contributed by atoms with van der Waals surface area (Å²) in [6, 6.07) is 4.64. The van der Waals surface area contributed by atoms with Crippen LogP contribution in [0, 0.1) is 0 Å². The van der Waals surface area contributed by atoms with E-state index in [1.165, 1.54) is 14.2 Å². The first-order valence-corrected chi connectivity index (χ1v) is 12.3. The van der Waals surface area contributed by atoms with Crippen molar-refractivity contribution in [2.75, 3.05) is 37.7 Å². The summed E-state index contributed by atoms with van der Waals surface area (Å²) in [7, 11) is 3.07. The number of halogens is 2. The molecule has 0 spiro atoms. The van der Waals surface area contributed by atoms with E-state index in [0.717, 1.165) is 16.8 Å². The highest BCUT2D eigenvalue weighted by molar-refractivity contribution is 6.41. The van der Waals surface area contributed by atoms with Gasteiger partial charge in [-0.2, -0.15) is 0 Å². The second-order valence-electron chi connectivity index (χ2n) is 8.56. The summed E-state index contributed by atoms with van der Waals surface area (Å²) in [4.78, 5) is 19.0. The first kappa shape index (κ1) is 25.2. The normalized spacial score (nSPS) is 20.4. The molecule has 0 radical (unpaired) electrons. The van der Waals surface area contributed by atoms with E-state index >= 15 is 0 Å². The Kier molecular flexibility index (Phi) is 7.12. The van der Waals surface area contributed by atoms with E-state index in [1.807, 2.05) is 24.0 Å². The molecule has 1 saturated heterocycles. The second-order valence-corrected chi connectivity index (χ2v) is 9.32. The van der Waals surface area contributed by atoms with Crippen molar-refractivity contribution in [3.8, 4) is 22.8 Å². The molecular weight excluding hydrogens is 519 g/mol. The average Bonchev–Trinajstić information content (AvgIpc) is 2.92. The molecule has 0 amide bonds. The molecule has 1 fully saturated rings. The highest BCUT2D eigenvalue weighted by Gasteiger charge is 2.36. The number of nitrogens with zero attached hydrogens (tertiary/aromatic N) is 7. The Morgan fingerprint density at radius 1 is 1.22 bits per heavy atom. The van der Waals surface area contributed by atoms with Gasteiger partial charge in [0.05, 0.1) is 50.3 Å². The predicted octanol–water partition coefficient (Wildman–Crippen LogP) is 5.96. The van der Waals surface area contributed by atoms with Crippen molar-refractivity contribution >= 4 is 40.7 Å². The van der Waals surface area contributed by atoms with Crippen LogP contribution in [0.4, 0.5) is 17.5 Å². The number of rotatable bonds is 6. The van der Waals surface area contributed by atoms with Crippen LogP contribution in [-0.4, -0.2) is 54.5 Å². The van der Waals surface area contributed by atoms with Crippen LogP contribution >= 0.6 is 23.2 Å². The number of hydrogen-bond donors (Lipinski definition) is 1. The fraction of sp³-hybridized carbons (Fsp3) is 0.375. The van der Waals surface area contributed by atoms with Gasteiger partial charge in [-0.25, -0.2) is 15.0 Å². The van der Waals surface area contributed by atoms with Crippen LogP contribution in [-0.2, 0) is 4.74 Å². The van der Waals surface area contributed by atoms with Gasteiger partial charge >= 0.3 is 0 Å². The third-order valence-electron chi connectivity index (χ3n) is 6.55. The Morgan fingerprint density at radius 3 is 2.68 bits per heavy atom. The zero-order chi connectivity index (χ0) is 26.1. The number of fused-ring (bicyclic) bond motifs is 3. The van der Waals surface area contributed by atoms with Gasteiger partial charge < -0.3 is 24.4 Å². The Balaban J connectivity index is 1.60. The maximum atomic E-state index is 8.93. The average molecular weight is 543 g/mol. The maximum Gasteiger partial charge on any atom is 0.223 e. The van der Waals surface area contributed by atoms with Crippen molar-refractivity contribution in [2.45, 2.75) is 31.5 Å². The summed E-state index contributed by atoms with van der Waals surface area (Å²) < 4.78 is 16.6. The van der Waals surface area contributed by atoms with E-state index in [9.17, 15) is 0 Å². The third-order valence-corrected chi connectivity index (χ3v) is 7.28. The predicted molar refractivity (Wildman–Crippen MR) is 141 cm³/mol. The molecule has 1 N–H and O–H groups in total. The molecule has 37 heavy (non-hydrogen) atoms. The molecule has 2 aliphatic rings. The highest BCUT2D eigenvalue weighted by atomic mass is 35.5. The van der Waals surface area contributed by atoms with Crippen LogP contribution in [0.2, 0.25) is 10.0 Å². The number of methoxy groups -OCH3 is 2. The van der Waals surface area contributed by atoms with Crippen molar-refractivity contribution in [3.05, 3.63) is 56.6 Å². The van der Waals surface area contributed by atoms with E-state index in [4.69, 9.17) is 47.9 Å². The largest absolute Gasteiger partial charge is 0.495 e. The van der Waals surface area contributed by atoms with Crippen molar-refractivity contribution in [2.24, 2.45) is 5.11 Å². The number of azide groups is 1. The van der Waals surface area contributed by atoms with E-state index in [-0.39, 0.29) is 18.1 Å². The van der Waals surface area contributed by atoms with Crippen LogP contribution in [0.15, 0.2) is 35.7 Å². The first-order valence-electron chi connectivity index (χ1n) is 11.6. The van der Waals surface area contributed by atoms with Crippen molar-refractivity contribution < 1.29 is 14.2 Å². The quantitative estimate of drug-likeness (QED) is 0.229. The van der Waals surface area contributed by atoms with Gasteiger partial charge in [0.15, 0.2) is 0 Å². The maximum absolute atomic E-state index is 8.93. The summed E-state index contributed by atoms with van der Waals surface area (Å²) in [5.74, 6) is 1.88. The van der Waals surface area contributed by atoms with Crippen LogP contribution in [0.3, 0.4) is 0 Å². The Bertz CT molecular complexity index is 1360. The van der Waals surface area contributed by atoms with Gasteiger partial charge in [0.2, 0.25) is 5.95 Å². The molecule has 5 rings (SSSR count). The molecule has 3 atom stereocenters. The third kappa shape index (κ3) is 4.44. The summed E-state index contributed by atoms with van der Waals surface area (Å²) >= 11 is 13.6. The molecule has 1 aromatic carbocycles. The van der Waals surface area contributed by atoms with Crippen molar-refractivity contribution in [1.82, 2.24) is 15.0 Å². The monoisotopic (exact) mass is 542 g/mol. The van der Waals surface area contributed by atoms with E-state index in [1.54, 1.807) is 18.5 Å². The fourth-order valence-electron chi connectivity index (χ4n) is 4.70. The minimum Gasteiger partial charge on any atom is -0.495 e. The number of hydrogen-bond acceptors (Lipinski definition) is 9. The molecule has 11 nitrogen and oxygen atoms in total. The lowest BCUT2D eigenvalue weighted by Gasteiger charge is -2.38. The number of anilines is 3. The second kappa shape index (κ2) is 10.5. The smallest absolute Gasteiger partial charge is 0.223 e. The summed E-state index contributed by atoms with van der Waals surface area (Å²) in [5, 5.41) is 7.85. The minimum atomic E-state index is -0.285. The lowest BCUT2D eigenvalue weighted by molar-refractivity contribution is 0.0767. The van der Waals surface area contributed by atoms with E-state index < -0.39 is 0 Å². The summed E-state index contributed by atoms with van der Waals surface area (Å²) in [5.41, 5.74) is 11.8. The number of nitrogens with one attached hydrogen (secondary N) is 1. The number of ether oxygens (including phenoxy) is 3. The van der Waals surface area contributed by atoms with E-state index in [2.05, 4.69) is 25.3 Å². The van der Waals surface area contributed by atoms with Gasteiger partial charge in [-0.05, 0) is 31.0 Å². The molecule has 4 heterocycles. The summed E-state index contributed by atoms with van der Waals surface area (Å²) in [6.45, 7) is 2.93. The molecule has 192 valence electrons. The highest BCUT2D eigenvalue weighted by Crippen LogP contribution is 2.54. The minimum absolute atomic E-state index is 0.240. The van der Waals surface area contributed by atoms with Crippen molar-refractivity contribution in [3.63, 3.8) is 0 Å². The topological polar surface area (TPSA) is 130 Å². The van der Waals surface area contributed by atoms with Crippen LogP contribution < -0.4 is 19.7 Å². The summed E-state index contributed by atoms with van der Waals surface area (Å²) in [6.07, 6.45) is 4.09. The van der Waals surface area contributed by atoms with Crippen LogP contribution in [0.25, 0.3) is 21.7 Å². The standard InChI is InChI=1S/C24H24Cl2N8O3/c1-12-14-10-29-24(30-16-11-37-8-6-15(16)32-33-27)31-21(14)13-5-4-7-28-23(13)34(12)22-19(25)17(35-2)9-18(36-3)20(22)26/h4-5,7,9-10,12,15-16H,6,8,11H2,1-3H3,(H,29,30,31)/t12?,15?,16-/m1/s1. The van der Waals surface area contributed by atoms with Gasteiger partial charge in [0.25, 0.3) is 0 Å². The Morgan fingerprint density at radius 2 is 1.97 bits per heavy atom. The van der Waals surface area contributed by atoms with Gasteiger partial charge in [-0.1, -0.05) is 28.3 Å². The molecule has 2 aromatic heterocycles. The molecule has 2 aliphatic heterocycles. The van der Waals surface area contributed by atoms with E-state index in [0.29, 0.717) is 58.6 Å². The van der Waals surface area contributed by atoms with Gasteiger partial charge in [-0.3, -0.25) is 0 Å². The molecule has 2 unspecified atom stereocenters. The zero-order valence-corrected chi connectivity index (χ0v) is 21.9. The lowest BCUT2D eigenvalue weighted by atomic mass is 9.95. The molecule has 3 aromatic rings. The van der Waals surface area contributed by atoms with Crippen LogP contribution in [0.1, 0.15) is 24.9 Å². The molecule has 13 heteroatoms. The van der Waals surface area contributed by atoms with Crippen LogP contribution in [0.5, 0.6) is 11.5 Å². The molecule has 0 bridgehead atoms. The number of benzene rings is 1. The first-order chi connectivity index (χ1) is 18.0. The number of pyridine rings is 1. The van der Waals surface area contributed by atoms with Gasteiger partial charge in [0.1, 0.15) is 27.4 Å².